The normalized spacial score (nSPS) is 20.9. The summed E-state index contributed by atoms with van der Waals surface area (Å²) in [6.07, 6.45) is 10.6. The molecule has 3 heteroatoms. The summed E-state index contributed by atoms with van der Waals surface area (Å²) in [6.45, 7) is 0. The van der Waals surface area contributed by atoms with E-state index in [1.54, 1.807) is 0 Å². The van der Waals surface area contributed by atoms with Crippen LogP contribution in [0.3, 0.4) is 0 Å². The van der Waals surface area contributed by atoms with E-state index in [-0.39, 0.29) is 0 Å². The van der Waals surface area contributed by atoms with Gasteiger partial charge in [-0.25, -0.2) is 4.98 Å². The third-order valence-corrected chi connectivity index (χ3v) is 3.25. The molecule has 1 unspecified atom stereocenters. The molecule has 1 heterocycles. The first-order valence-electron chi connectivity index (χ1n) is 5.58. The van der Waals surface area contributed by atoms with E-state index in [9.17, 15) is 0 Å². The molecule has 1 aromatic heterocycles. The van der Waals surface area contributed by atoms with Gasteiger partial charge in [0.15, 0.2) is 0 Å². The van der Waals surface area contributed by atoms with E-state index in [0.29, 0.717) is 6.04 Å². The van der Waals surface area contributed by atoms with Crippen molar-refractivity contribution in [3.05, 3.63) is 18.2 Å². The van der Waals surface area contributed by atoms with Crippen molar-refractivity contribution in [2.45, 2.75) is 38.1 Å². The van der Waals surface area contributed by atoms with Gasteiger partial charge in [-0.1, -0.05) is 19.3 Å². The minimum absolute atomic E-state index is 0.422. The zero-order chi connectivity index (χ0) is 9.80. The fourth-order valence-electron chi connectivity index (χ4n) is 2.51. The summed E-state index contributed by atoms with van der Waals surface area (Å²) in [4.78, 5) is 7.56. The van der Waals surface area contributed by atoms with Gasteiger partial charge in [-0.2, -0.15) is 0 Å². The van der Waals surface area contributed by atoms with E-state index >= 15 is 0 Å². The van der Waals surface area contributed by atoms with Gasteiger partial charge in [0.2, 0.25) is 0 Å². The Morgan fingerprint density at radius 3 is 2.79 bits per heavy atom. The van der Waals surface area contributed by atoms with E-state index in [1.807, 2.05) is 19.4 Å². The molecule has 0 bridgehead atoms. The summed E-state index contributed by atoms with van der Waals surface area (Å²) in [6, 6.07) is 0.422. The largest absolute Gasteiger partial charge is 0.347 e. The molecule has 0 aliphatic heterocycles. The van der Waals surface area contributed by atoms with Crippen molar-refractivity contribution in [2.24, 2.45) is 5.92 Å². The van der Waals surface area contributed by atoms with Crippen LogP contribution in [0.1, 0.15) is 44.0 Å². The number of hydrogen-bond donors (Lipinski definition) is 2. The second-order valence-electron chi connectivity index (χ2n) is 4.14. The van der Waals surface area contributed by atoms with Gasteiger partial charge in [-0.15, -0.1) is 0 Å². The Kier molecular flexibility index (Phi) is 3.19. The van der Waals surface area contributed by atoms with Gasteiger partial charge in [0.1, 0.15) is 5.82 Å². The Balaban J connectivity index is 2.04. The molecular weight excluding hydrogens is 174 g/mol. The number of rotatable bonds is 3. The topological polar surface area (TPSA) is 40.7 Å². The van der Waals surface area contributed by atoms with Gasteiger partial charge >= 0.3 is 0 Å². The molecule has 14 heavy (non-hydrogen) atoms. The maximum atomic E-state index is 4.34. The monoisotopic (exact) mass is 193 g/mol. The molecule has 1 aliphatic carbocycles. The highest BCUT2D eigenvalue weighted by molar-refractivity contribution is 4.98. The molecule has 78 valence electrons. The Labute approximate surface area is 85.3 Å². The minimum Gasteiger partial charge on any atom is -0.347 e. The summed E-state index contributed by atoms with van der Waals surface area (Å²) in [7, 11) is 2.03. The number of nitrogens with one attached hydrogen (secondary N) is 2. The molecule has 0 aromatic carbocycles. The van der Waals surface area contributed by atoms with Gasteiger partial charge in [0.05, 0.1) is 6.04 Å². The molecule has 0 radical (unpaired) electrons. The highest BCUT2D eigenvalue weighted by Crippen LogP contribution is 2.32. The molecule has 0 spiro atoms. The van der Waals surface area contributed by atoms with Crippen molar-refractivity contribution in [1.82, 2.24) is 15.3 Å². The molecule has 3 nitrogen and oxygen atoms in total. The van der Waals surface area contributed by atoms with E-state index in [0.717, 1.165) is 11.7 Å². The molecule has 2 N–H and O–H groups in total. The number of nitrogens with zero attached hydrogens (tertiary/aromatic N) is 1. The van der Waals surface area contributed by atoms with Crippen molar-refractivity contribution < 1.29 is 0 Å². The Morgan fingerprint density at radius 1 is 1.43 bits per heavy atom. The first kappa shape index (κ1) is 9.71. The molecule has 0 amide bonds. The third-order valence-electron chi connectivity index (χ3n) is 3.25. The van der Waals surface area contributed by atoms with Crippen LogP contribution in [0.15, 0.2) is 12.4 Å². The van der Waals surface area contributed by atoms with E-state index < -0.39 is 0 Å². The second-order valence-corrected chi connectivity index (χ2v) is 4.14. The lowest BCUT2D eigenvalue weighted by Crippen LogP contribution is -2.27. The quantitative estimate of drug-likeness (QED) is 0.773. The minimum atomic E-state index is 0.422. The third kappa shape index (κ3) is 1.98. The van der Waals surface area contributed by atoms with Crippen LogP contribution in [0.25, 0.3) is 0 Å². The van der Waals surface area contributed by atoms with Crippen LogP contribution in [0.5, 0.6) is 0 Å². The van der Waals surface area contributed by atoms with Crippen molar-refractivity contribution in [1.29, 1.82) is 0 Å². The molecule has 1 atom stereocenters. The first-order valence-corrected chi connectivity index (χ1v) is 5.58. The smallest absolute Gasteiger partial charge is 0.123 e. The van der Waals surface area contributed by atoms with Crippen LogP contribution in [0.2, 0.25) is 0 Å². The predicted octanol–water partition coefficient (Wildman–Crippen LogP) is 2.25. The SMILES string of the molecule is CNC(c1ncc[nH]1)C1CCCCC1. The van der Waals surface area contributed by atoms with Crippen molar-refractivity contribution in [3.63, 3.8) is 0 Å². The Morgan fingerprint density at radius 2 is 2.21 bits per heavy atom. The number of imidazole rings is 1. The number of aromatic amines is 1. The molecule has 1 aliphatic rings. The lowest BCUT2D eigenvalue weighted by Gasteiger charge is -2.28. The van der Waals surface area contributed by atoms with Crippen LogP contribution >= 0.6 is 0 Å². The fraction of sp³-hybridized carbons (Fsp3) is 0.727. The van der Waals surface area contributed by atoms with Gasteiger partial charge < -0.3 is 10.3 Å². The number of hydrogen-bond acceptors (Lipinski definition) is 2. The highest BCUT2D eigenvalue weighted by Gasteiger charge is 2.24. The van der Waals surface area contributed by atoms with E-state index in [1.165, 1.54) is 32.1 Å². The maximum Gasteiger partial charge on any atom is 0.123 e. The van der Waals surface area contributed by atoms with Gasteiger partial charge in [0.25, 0.3) is 0 Å². The summed E-state index contributed by atoms with van der Waals surface area (Å²) in [5.74, 6) is 1.86. The van der Waals surface area contributed by atoms with Gasteiger partial charge in [0, 0.05) is 12.4 Å². The van der Waals surface area contributed by atoms with Gasteiger partial charge in [-0.3, -0.25) is 0 Å². The predicted molar refractivity (Wildman–Crippen MR) is 57.0 cm³/mol. The molecular formula is C11H19N3. The van der Waals surface area contributed by atoms with Crippen LogP contribution < -0.4 is 5.32 Å². The Hall–Kier alpha value is -0.830. The number of H-pyrrole nitrogens is 1. The Bertz CT molecular complexity index is 250. The van der Waals surface area contributed by atoms with Crippen LogP contribution in [-0.2, 0) is 0 Å². The van der Waals surface area contributed by atoms with E-state index in [4.69, 9.17) is 0 Å². The molecule has 1 aromatic rings. The van der Waals surface area contributed by atoms with Crippen LogP contribution in [-0.4, -0.2) is 17.0 Å². The lowest BCUT2D eigenvalue weighted by atomic mass is 9.83. The second kappa shape index (κ2) is 4.60. The fourth-order valence-corrected chi connectivity index (χ4v) is 2.51. The summed E-state index contributed by atoms with van der Waals surface area (Å²) in [5, 5.41) is 3.38. The van der Waals surface area contributed by atoms with Crippen LogP contribution in [0.4, 0.5) is 0 Å². The number of aromatic nitrogens is 2. The van der Waals surface area contributed by atoms with Crippen molar-refractivity contribution in [3.8, 4) is 0 Å². The average Bonchev–Trinajstić information content (AvgIpc) is 2.74. The lowest BCUT2D eigenvalue weighted by molar-refractivity contribution is 0.274. The maximum absolute atomic E-state index is 4.34. The van der Waals surface area contributed by atoms with Crippen LogP contribution in [0, 0.1) is 5.92 Å². The van der Waals surface area contributed by atoms with Gasteiger partial charge in [-0.05, 0) is 25.8 Å². The summed E-state index contributed by atoms with van der Waals surface area (Å²) in [5.41, 5.74) is 0. The zero-order valence-electron chi connectivity index (χ0n) is 8.79. The molecule has 1 fully saturated rings. The standard InChI is InChI=1S/C11H19N3/c1-12-10(11-13-7-8-14-11)9-5-3-2-4-6-9/h7-10,12H,2-6H2,1H3,(H,13,14). The molecule has 0 saturated heterocycles. The van der Waals surface area contributed by atoms with Crippen molar-refractivity contribution >= 4 is 0 Å². The zero-order valence-corrected chi connectivity index (χ0v) is 8.79. The van der Waals surface area contributed by atoms with Crippen molar-refractivity contribution in [2.75, 3.05) is 7.05 Å². The first-order chi connectivity index (χ1) is 6.92. The highest BCUT2D eigenvalue weighted by atomic mass is 15.0. The summed E-state index contributed by atoms with van der Waals surface area (Å²) >= 11 is 0. The molecule has 1 saturated carbocycles. The van der Waals surface area contributed by atoms with E-state index in [2.05, 4.69) is 15.3 Å². The average molecular weight is 193 g/mol. The molecule has 2 rings (SSSR count). The summed E-state index contributed by atoms with van der Waals surface area (Å²) < 4.78 is 0.